The molecule has 0 spiro atoms. The highest BCUT2D eigenvalue weighted by Gasteiger charge is 2.14. The molecule has 1 heterocycles. The fraction of sp³-hybridized carbons (Fsp3) is 0.214. The number of aliphatic hydroxyl groups excluding tert-OH is 1. The third kappa shape index (κ3) is 4.28. The van der Waals surface area contributed by atoms with Gasteiger partial charge < -0.3 is 19.6 Å². The monoisotopic (exact) mass is 297 g/mol. The molecule has 0 saturated carbocycles. The first kappa shape index (κ1) is 15.0. The van der Waals surface area contributed by atoms with Crippen LogP contribution in [0.15, 0.2) is 47.1 Å². The summed E-state index contributed by atoms with van der Waals surface area (Å²) in [5.41, 5.74) is 0.153. The quantitative estimate of drug-likeness (QED) is 0.858. The smallest absolute Gasteiger partial charge is 0.387 e. The normalized spacial score (nSPS) is 12.2. The number of carbonyl (C=O) groups excluding carboxylic acids is 1. The number of halogens is 2. The summed E-state index contributed by atoms with van der Waals surface area (Å²) < 4.78 is 33.4. The minimum Gasteiger partial charge on any atom is -0.467 e. The van der Waals surface area contributed by atoms with E-state index in [1.54, 1.807) is 12.1 Å². The Bertz CT molecular complexity index is 586. The van der Waals surface area contributed by atoms with Gasteiger partial charge in [0.25, 0.3) is 5.91 Å². The van der Waals surface area contributed by atoms with E-state index in [0.29, 0.717) is 5.76 Å². The maximum atomic E-state index is 12.1. The van der Waals surface area contributed by atoms with Crippen LogP contribution in [0, 0.1) is 0 Å². The van der Waals surface area contributed by atoms with E-state index in [1.165, 1.54) is 30.5 Å². The Hall–Kier alpha value is -2.41. The summed E-state index contributed by atoms with van der Waals surface area (Å²) in [6, 6.07) is 8.59. The summed E-state index contributed by atoms with van der Waals surface area (Å²) in [7, 11) is 0. The standard InChI is InChI=1S/C14H13F2NO4/c15-14(16)21-10-4-1-3-9(7-10)13(19)17-8-11(18)12-5-2-6-20-12/h1-7,11,14,18H,8H2,(H,17,19). The van der Waals surface area contributed by atoms with Gasteiger partial charge in [-0.05, 0) is 30.3 Å². The summed E-state index contributed by atoms with van der Waals surface area (Å²) in [6.45, 7) is -3.02. The van der Waals surface area contributed by atoms with Crippen LogP contribution in [0.5, 0.6) is 5.75 Å². The second-order valence-corrected chi connectivity index (χ2v) is 4.15. The minimum absolute atomic E-state index is 0.0632. The first-order chi connectivity index (χ1) is 10.1. The van der Waals surface area contributed by atoms with E-state index in [0.717, 1.165) is 0 Å². The molecular formula is C14H13F2NO4. The number of amides is 1. The number of rotatable bonds is 6. The van der Waals surface area contributed by atoms with E-state index in [-0.39, 0.29) is 17.9 Å². The highest BCUT2D eigenvalue weighted by molar-refractivity contribution is 5.94. The third-order valence-electron chi connectivity index (χ3n) is 2.65. The molecule has 112 valence electrons. The van der Waals surface area contributed by atoms with Crippen molar-refractivity contribution in [3.63, 3.8) is 0 Å². The molecule has 1 unspecified atom stereocenters. The van der Waals surface area contributed by atoms with Crippen LogP contribution in [0.2, 0.25) is 0 Å². The molecule has 0 aliphatic heterocycles. The Morgan fingerprint density at radius 3 is 2.81 bits per heavy atom. The van der Waals surface area contributed by atoms with Crippen molar-refractivity contribution in [1.82, 2.24) is 5.32 Å². The lowest BCUT2D eigenvalue weighted by Crippen LogP contribution is -2.28. The van der Waals surface area contributed by atoms with Gasteiger partial charge in [0.15, 0.2) is 0 Å². The highest BCUT2D eigenvalue weighted by Crippen LogP contribution is 2.16. The Morgan fingerprint density at radius 1 is 1.33 bits per heavy atom. The van der Waals surface area contributed by atoms with Crippen LogP contribution in [0.1, 0.15) is 22.2 Å². The maximum absolute atomic E-state index is 12.1. The first-order valence-electron chi connectivity index (χ1n) is 6.11. The van der Waals surface area contributed by atoms with Crippen molar-refractivity contribution in [3.8, 4) is 5.75 Å². The van der Waals surface area contributed by atoms with Gasteiger partial charge in [0.1, 0.15) is 17.6 Å². The number of alkyl halides is 2. The number of aliphatic hydroxyl groups is 1. The Balaban J connectivity index is 1.94. The van der Waals surface area contributed by atoms with Crippen molar-refractivity contribution in [1.29, 1.82) is 0 Å². The number of ether oxygens (including phenoxy) is 1. The fourth-order valence-electron chi connectivity index (χ4n) is 1.69. The third-order valence-corrected chi connectivity index (χ3v) is 2.65. The molecule has 0 aliphatic rings. The van der Waals surface area contributed by atoms with Gasteiger partial charge in [-0.25, -0.2) is 0 Å². The molecule has 0 fully saturated rings. The van der Waals surface area contributed by atoms with Gasteiger partial charge >= 0.3 is 6.61 Å². The van der Waals surface area contributed by atoms with E-state index < -0.39 is 18.6 Å². The lowest BCUT2D eigenvalue weighted by molar-refractivity contribution is -0.0498. The van der Waals surface area contributed by atoms with Gasteiger partial charge in [-0.1, -0.05) is 6.07 Å². The van der Waals surface area contributed by atoms with Gasteiger partial charge in [0.2, 0.25) is 0 Å². The first-order valence-corrected chi connectivity index (χ1v) is 6.11. The molecule has 1 aromatic heterocycles. The molecule has 21 heavy (non-hydrogen) atoms. The Morgan fingerprint density at radius 2 is 2.14 bits per heavy atom. The van der Waals surface area contributed by atoms with Crippen molar-refractivity contribution in [2.24, 2.45) is 0 Å². The summed E-state index contributed by atoms with van der Waals surface area (Å²) in [5.74, 6) is -0.297. The van der Waals surface area contributed by atoms with E-state index in [1.807, 2.05) is 0 Å². The molecule has 2 rings (SSSR count). The average Bonchev–Trinajstić information content (AvgIpc) is 2.98. The molecule has 2 aromatic rings. The van der Waals surface area contributed by atoms with Crippen LogP contribution in [-0.2, 0) is 0 Å². The molecule has 5 nitrogen and oxygen atoms in total. The van der Waals surface area contributed by atoms with Crippen molar-refractivity contribution >= 4 is 5.91 Å². The van der Waals surface area contributed by atoms with Crippen LogP contribution in [-0.4, -0.2) is 24.2 Å². The number of furan rings is 1. The number of benzene rings is 1. The summed E-state index contributed by atoms with van der Waals surface area (Å²) >= 11 is 0. The SMILES string of the molecule is O=C(NCC(O)c1ccco1)c1cccc(OC(F)F)c1. The number of nitrogens with one attached hydrogen (secondary N) is 1. The minimum atomic E-state index is -2.95. The molecule has 1 atom stereocenters. The van der Waals surface area contributed by atoms with Crippen molar-refractivity contribution in [3.05, 3.63) is 54.0 Å². The van der Waals surface area contributed by atoms with Crippen molar-refractivity contribution in [2.75, 3.05) is 6.54 Å². The number of hydrogen-bond acceptors (Lipinski definition) is 4. The summed E-state index contributed by atoms with van der Waals surface area (Å²) in [6.07, 6.45) is 0.426. The molecule has 7 heteroatoms. The highest BCUT2D eigenvalue weighted by atomic mass is 19.3. The van der Waals surface area contributed by atoms with Gasteiger partial charge in [0.05, 0.1) is 12.8 Å². The predicted molar refractivity (Wildman–Crippen MR) is 69.1 cm³/mol. The topological polar surface area (TPSA) is 71.7 Å². The molecule has 1 aromatic carbocycles. The van der Waals surface area contributed by atoms with Crippen LogP contribution in [0.25, 0.3) is 0 Å². The summed E-state index contributed by atoms with van der Waals surface area (Å²) in [5, 5.41) is 12.2. The molecule has 2 N–H and O–H groups in total. The second kappa shape index (κ2) is 6.85. The van der Waals surface area contributed by atoms with Crippen molar-refractivity contribution < 1.29 is 27.8 Å². The van der Waals surface area contributed by atoms with Crippen LogP contribution in [0.3, 0.4) is 0 Å². The van der Waals surface area contributed by atoms with Gasteiger partial charge in [0, 0.05) is 5.56 Å². The molecule has 0 aliphatic carbocycles. The molecule has 0 radical (unpaired) electrons. The van der Waals surface area contributed by atoms with E-state index >= 15 is 0 Å². The second-order valence-electron chi connectivity index (χ2n) is 4.15. The van der Waals surface area contributed by atoms with Crippen molar-refractivity contribution in [2.45, 2.75) is 12.7 Å². The van der Waals surface area contributed by atoms with E-state index in [9.17, 15) is 18.7 Å². The van der Waals surface area contributed by atoms with Crippen LogP contribution >= 0.6 is 0 Å². The zero-order valence-corrected chi connectivity index (χ0v) is 10.8. The Kier molecular flexibility index (Phi) is 4.89. The van der Waals surface area contributed by atoms with E-state index in [4.69, 9.17) is 4.42 Å². The summed E-state index contributed by atoms with van der Waals surface area (Å²) in [4.78, 5) is 11.9. The molecular weight excluding hydrogens is 284 g/mol. The zero-order valence-electron chi connectivity index (χ0n) is 10.8. The largest absolute Gasteiger partial charge is 0.467 e. The predicted octanol–water partition coefficient (Wildman–Crippen LogP) is 2.34. The Labute approximate surface area is 119 Å². The number of hydrogen-bond donors (Lipinski definition) is 2. The molecule has 1 amide bonds. The number of carbonyl (C=O) groups is 1. The van der Waals surface area contributed by atoms with Crippen LogP contribution < -0.4 is 10.1 Å². The van der Waals surface area contributed by atoms with Gasteiger partial charge in [-0.3, -0.25) is 4.79 Å². The van der Waals surface area contributed by atoms with E-state index in [2.05, 4.69) is 10.1 Å². The lowest BCUT2D eigenvalue weighted by Gasteiger charge is -2.10. The zero-order chi connectivity index (χ0) is 15.2. The van der Waals surface area contributed by atoms with Crippen LogP contribution in [0.4, 0.5) is 8.78 Å². The molecule has 0 bridgehead atoms. The molecule has 0 saturated heterocycles. The lowest BCUT2D eigenvalue weighted by atomic mass is 10.2. The average molecular weight is 297 g/mol. The fourth-order valence-corrected chi connectivity index (χ4v) is 1.69. The van der Waals surface area contributed by atoms with Gasteiger partial charge in [-0.15, -0.1) is 0 Å². The maximum Gasteiger partial charge on any atom is 0.387 e. The van der Waals surface area contributed by atoms with Gasteiger partial charge in [-0.2, -0.15) is 8.78 Å².